The van der Waals surface area contributed by atoms with Crippen molar-refractivity contribution in [3.05, 3.63) is 48.6 Å². The molecule has 1 aromatic carbocycles. The van der Waals surface area contributed by atoms with Gasteiger partial charge in [0.1, 0.15) is 11.0 Å². The van der Waals surface area contributed by atoms with Crippen LogP contribution in [0.2, 0.25) is 0 Å². The molecule has 6 heteroatoms. The molecule has 1 atom stereocenters. The largest absolute Gasteiger partial charge is 0.490 e. The van der Waals surface area contributed by atoms with Crippen LogP contribution in [0, 0.1) is 0 Å². The zero-order valence-corrected chi connectivity index (χ0v) is 20.0. The lowest BCUT2D eigenvalue weighted by atomic mass is 9.60. The van der Waals surface area contributed by atoms with Crippen molar-refractivity contribution in [2.75, 3.05) is 6.54 Å². The Morgan fingerprint density at radius 2 is 1.63 bits per heavy atom. The van der Waals surface area contributed by atoms with Crippen LogP contribution in [0.1, 0.15) is 73.8 Å². The van der Waals surface area contributed by atoms with E-state index in [0.717, 1.165) is 18.4 Å². The Hall–Kier alpha value is -1.79. The highest BCUT2D eigenvalue weighted by atomic mass is 16.7. The van der Waals surface area contributed by atoms with Crippen LogP contribution in [0.25, 0.3) is 0 Å². The maximum atomic E-state index is 13.4. The van der Waals surface area contributed by atoms with Crippen LogP contribution < -0.4 is 0 Å². The van der Waals surface area contributed by atoms with Crippen LogP contribution in [0.4, 0.5) is 4.79 Å². The number of allylic oxidation sites excluding steroid dienone is 1. The summed E-state index contributed by atoms with van der Waals surface area (Å²) in [6.07, 6.45) is 3.05. The van der Waals surface area contributed by atoms with E-state index in [-0.39, 0.29) is 6.09 Å². The van der Waals surface area contributed by atoms with Crippen molar-refractivity contribution in [3.63, 3.8) is 0 Å². The minimum atomic E-state index is -0.879. The standard InChI is InChI=1S/C24H38BNO4/c1-10-11-15-18-26(20(27)28-21(2,3)4)24(9,19-16-13-12-14-17-19)25-29-22(5,6)23(7,8)30-25/h10,12-14,16-17H,1,11,15,18H2,2-9H3/t24-/m1/s1. The molecule has 1 heterocycles. The third-order valence-electron chi connectivity index (χ3n) is 6.04. The average Bonchev–Trinajstić information content (AvgIpc) is 2.85. The van der Waals surface area contributed by atoms with Gasteiger partial charge in [-0.2, -0.15) is 0 Å². The van der Waals surface area contributed by atoms with Crippen molar-refractivity contribution in [3.8, 4) is 0 Å². The van der Waals surface area contributed by atoms with E-state index < -0.39 is 29.4 Å². The van der Waals surface area contributed by atoms with Crippen molar-refractivity contribution in [1.82, 2.24) is 4.90 Å². The van der Waals surface area contributed by atoms with Crippen molar-refractivity contribution in [1.29, 1.82) is 0 Å². The zero-order valence-electron chi connectivity index (χ0n) is 20.0. The van der Waals surface area contributed by atoms with Gasteiger partial charge in [0, 0.05) is 6.54 Å². The molecule has 166 valence electrons. The summed E-state index contributed by atoms with van der Waals surface area (Å²) in [5.41, 5.74) is -1.59. The molecule has 0 spiro atoms. The lowest BCUT2D eigenvalue weighted by Crippen LogP contribution is -2.59. The Labute approximate surface area is 182 Å². The monoisotopic (exact) mass is 415 g/mol. The molecule has 30 heavy (non-hydrogen) atoms. The van der Waals surface area contributed by atoms with Crippen LogP contribution in [0.5, 0.6) is 0 Å². The van der Waals surface area contributed by atoms with Gasteiger partial charge in [-0.3, -0.25) is 4.90 Å². The quantitative estimate of drug-likeness (QED) is 0.324. The van der Waals surface area contributed by atoms with E-state index >= 15 is 0 Å². The fourth-order valence-corrected chi connectivity index (χ4v) is 3.49. The predicted molar refractivity (Wildman–Crippen MR) is 122 cm³/mol. The highest BCUT2D eigenvalue weighted by molar-refractivity contribution is 6.49. The lowest BCUT2D eigenvalue weighted by molar-refractivity contribution is 0.00521. The number of amides is 1. The Balaban J connectivity index is 2.56. The summed E-state index contributed by atoms with van der Waals surface area (Å²) in [6.45, 7) is 20.0. The van der Waals surface area contributed by atoms with Crippen LogP contribution in [-0.2, 0) is 19.5 Å². The van der Waals surface area contributed by atoms with Crippen LogP contribution in [-0.4, -0.2) is 41.5 Å². The van der Waals surface area contributed by atoms with Gasteiger partial charge in [0.05, 0.1) is 11.2 Å². The summed E-state index contributed by atoms with van der Waals surface area (Å²) >= 11 is 0. The molecule has 1 aliphatic heterocycles. The molecule has 0 aromatic heterocycles. The number of nitrogens with zero attached hydrogens (tertiary/aromatic N) is 1. The fourth-order valence-electron chi connectivity index (χ4n) is 3.49. The second-order valence-electron chi connectivity index (χ2n) is 10.2. The highest BCUT2D eigenvalue weighted by Crippen LogP contribution is 2.45. The third-order valence-corrected chi connectivity index (χ3v) is 6.04. The van der Waals surface area contributed by atoms with Crippen molar-refractivity contribution in [2.24, 2.45) is 0 Å². The predicted octanol–water partition coefficient (Wildman–Crippen LogP) is 5.74. The molecule has 1 saturated heterocycles. The van der Waals surface area contributed by atoms with Crippen LogP contribution in [0.3, 0.4) is 0 Å². The first-order valence-corrected chi connectivity index (χ1v) is 10.8. The summed E-state index contributed by atoms with van der Waals surface area (Å²) < 4.78 is 18.7. The Morgan fingerprint density at radius 1 is 1.10 bits per heavy atom. The molecule has 5 nitrogen and oxygen atoms in total. The number of benzene rings is 1. The smallest absolute Gasteiger partial charge is 0.444 e. The maximum Gasteiger partial charge on any atom is 0.490 e. The number of rotatable bonds is 7. The van der Waals surface area contributed by atoms with Gasteiger partial charge in [-0.25, -0.2) is 4.79 Å². The highest BCUT2D eigenvalue weighted by Gasteiger charge is 2.61. The molecule has 0 N–H and O–H groups in total. The van der Waals surface area contributed by atoms with Gasteiger partial charge in [0.25, 0.3) is 0 Å². The fraction of sp³-hybridized carbons (Fsp3) is 0.625. The number of hydrogen-bond donors (Lipinski definition) is 0. The normalized spacial score (nSPS) is 19.8. The Kier molecular flexibility index (Phi) is 7.15. The number of carbonyl (C=O) groups is 1. The summed E-state index contributed by atoms with van der Waals surface area (Å²) in [4.78, 5) is 15.2. The molecule has 0 aliphatic carbocycles. The van der Waals surface area contributed by atoms with Gasteiger partial charge in [0.2, 0.25) is 0 Å². The number of hydrogen-bond acceptors (Lipinski definition) is 4. The molecule has 2 rings (SSSR count). The third kappa shape index (κ3) is 5.09. The Bertz CT molecular complexity index is 725. The van der Waals surface area contributed by atoms with Gasteiger partial charge in [-0.05, 0) is 73.8 Å². The second kappa shape index (κ2) is 8.76. The first-order valence-electron chi connectivity index (χ1n) is 10.8. The summed E-state index contributed by atoms with van der Waals surface area (Å²) in [7, 11) is -0.652. The topological polar surface area (TPSA) is 48.0 Å². The molecular formula is C24H38BNO4. The molecule has 1 aliphatic rings. The SMILES string of the molecule is C=CCCCN(C(=O)OC(C)(C)C)[C@@](C)(B1OC(C)(C)C(C)(C)O1)c1ccccc1. The van der Waals surface area contributed by atoms with Crippen LogP contribution in [0.15, 0.2) is 43.0 Å². The number of carbonyl (C=O) groups excluding carboxylic acids is 1. The first kappa shape index (κ1) is 24.5. The summed E-state index contributed by atoms with van der Waals surface area (Å²) in [5, 5.41) is 0. The van der Waals surface area contributed by atoms with E-state index in [9.17, 15) is 4.79 Å². The van der Waals surface area contributed by atoms with Crippen molar-refractivity contribution < 1.29 is 18.8 Å². The van der Waals surface area contributed by atoms with E-state index in [1.807, 2.05) is 91.8 Å². The Morgan fingerprint density at radius 3 is 2.10 bits per heavy atom. The van der Waals surface area contributed by atoms with E-state index in [2.05, 4.69) is 6.58 Å². The lowest BCUT2D eigenvalue weighted by Gasteiger charge is -2.43. The molecule has 1 aromatic rings. The zero-order chi connectivity index (χ0) is 22.8. The minimum Gasteiger partial charge on any atom is -0.444 e. The molecule has 0 bridgehead atoms. The second-order valence-corrected chi connectivity index (χ2v) is 10.2. The molecule has 0 saturated carbocycles. The molecule has 0 radical (unpaired) electrons. The molecule has 1 fully saturated rings. The van der Waals surface area contributed by atoms with E-state index in [1.165, 1.54) is 0 Å². The van der Waals surface area contributed by atoms with Gasteiger partial charge >= 0.3 is 13.2 Å². The van der Waals surface area contributed by atoms with Crippen LogP contribution >= 0.6 is 0 Å². The van der Waals surface area contributed by atoms with Gasteiger partial charge in [-0.1, -0.05) is 36.4 Å². The molecule has 1 amide bonds. The molecule has 0 unspecified atom stereocenters. The van der Waals surface area contributed by atoms with E-state index in [4.69, 9.17) is 14.0 Å². The van der Waals surface area contributed by atoms with Crippen molar-refractivity contribution >= 4 is 13.2 Å². The maximum absolute atomic E-state index is 13.4. The van der Waals surface area contributed by atoms with Gasteiger partial charge in [0.15, 0.2) is 0 Å². The number of ether oxygens (including phenoxy) is 1. The minimum absolute atomic E-state index is 0.382. The van der Waals surface area contributed by atoms with Gasteiger partial charge in [-0.15, -0.1) is 6.58 Å². The summed E-state index contributed by atoms with van der Waals surface area (Å²) in [6, 6.07) is 9.92. The van der Waals surface area contributed by atoms with Gasteiger partial charge < -0.3 is 14.0 Å². The molecular weight excluding hydrogens is 377 g/mol. The van der Waals surface area contributed by atoms with E-state index in [1.54, 1.807) is 4.90 Å². The number of unbranched alkanes of at least 4 members (excludes halogenated alkanes) is 1. The first-order chi connectivity index (χ1) is 13.7. The van der Waals surface area contributed by atoms with Crippen molar-refractivity contribution in [2.45, 2.75) is 90.5 Å². The summed E-state index contributed by atoms with van der Waals surface area (Å²) in [5.74, 6) is 0. The van der Waals surface area contributed by atoms with E-state index in [0.29, 0.717) is 6.54 Å². The average molecular weight is 415 g/mol.